The van der Waals surface area contributed by atoms with Gasteiger partial charge in [0.2, 0.25) is 0 Å². The maximum absolute atomic E-state index is 5.48. The Morgan fingerprint density at radius 2 is 1.86 bits per heavy atom. The van der Waals surface area contributed by atoms with Gasteiger partial charge in [-0.2, -0.15) is 0 Å². The molecular weight excluding hydrogens is 292 g/mol. The highest BCUT2D eigenvalue weighted by Gasteiger charge is 2.27. The standard InChI is InChI=1S/C17H30N2O2Si/c1-5-19(16-17-10-7-6-8-11-17)14-13-18-12-9-15-22(4,20-2)21-3/h5-8,10-11,18H,1,9,12-16H2,2-4H3. The van der Waals surface area contributed by atoms with E-state index < -0.39 is 8.56 Å². The number of rotatable bonds is 12. The quantitative estimate of drug-likeness (QED) is 0.474. The predicted octanol–water partition coefficient (Wildman–Crippen LogP) is 2.98. The van der Waals surface area contributed by atoms with Gasteiger partial charge in [-0.15, -0.1) is 0 Å². The van der Waals surface area contributed by atoms with E-state index in [9.17, 15) is 0 Å². The Bertz CT molecular complexity index is 410. The molecule has 124 valence electrons. The van der Waals surface area contributed by atoms with Crippen molar-refractivity contribution in [2.24, 2.45) is 0 Å². The van der Waals surface area contributed by atoms with E-state index in [0.717, 1.165) is 38.6 Å². The molecule has 0 saturated heterocycles. The molecule has 0 aliphatic carbocycles. The molecule has 1 N–H and O–H groups in total. The fourth-order valence-electron chi connectivity index (χ4n) is 2.22. The van der Waals surface area contributed by atoms with E-state index in [1.165, 1.54) is 5.56 Å². The average molecular weight is 323 g/mol. The van der Waals surface area contributed by atoms with Crippen molar-refractivity contribution in [3.05, 3.63) is 48.7 Å². The van der Waals surface area contributed by atoms with Gasteiger partial charge in [-0.05, 0) is 37.3 Å². The lowest BCUT2D eigenvalue weighted by molar-refractivity contribution is 0.248. The van der Waals surface area contributed by atoms with Gasteiger partial charge in [-0.1, -0.05) is 36.9 Å². The topological polar surface area (TPSA) is 33.7 Å². The molecule has 0 aromatic heterocycles. The Balaban J connectivity index is 2.16. The molecular formula is C17H30N2O2Si. The summed E-state index contributed by atoms with van der Waals surface area (Å²) in [6.45, 7) is 9.82. The van der Waals surface area contributed by atoms with E-state index in [1.807, 2.05) is 12.3 Å². The van der Waals surface area contributed by atoms with E-state index in [4.69, 9.17) is 8.85 Å². The number of hydrogen-bond donors (Lipinski definition) is 1. The zero-order valence-corrected chi connectivity index (χ0v) is 15.2. The van der Waals surface area contributed by atoms with Gasteiger partial charge in [0.25, 0.3) is 0 Å². The van der Waals surface area contributed by atoms with Gasteiger partial charge in [0.05, 0.1) is 0 Å². The van der Waals surface area contributed by atoms with Crippen molar-refractivity contribution in [2.45, 2.75) is 25.6 Å². The van der Waals surface area contributed by atoms with Crippen molar-refractivity contribution in [1.82, 2.24) is 10.2 Å². The van der Waals surface area contributed by atoms with Gasteiger partial charge in [0.15, 0.2) is 0 Å². The van der Waals surface area contributed by atoms with Crippen molar-refractivity contribution in [1.29, 1.82) is 0 Å². The molecule has 4 nitrogen and oxygen atoms in total. The Hall–Kier alpha value is -1.14. The first-order valence-corrected chi connectivity index (χ1v) is 10.4. The maximum Gasteiger partial charge on any atom is 0.334 e. The molecule has 0 radical (unpaired) electrons. The molecule has 0 spiro atoms. The van der Waals surface area contributed by atoms with Gasteiger partial charge in [-0.25, -0.2) is 0 Å². The number of hydrogen-bond acceptors (Lipinski definition) is 4. The van der Waals surface area contributed by atoms with Gasteiger partial charge in [-0.3, -0.25) is 0 Å². The van der Waals surface area contributed by atoms with Gasteiger partial charge in [0, 0.05) is 33.9 Å². The van der Waals surface area contributed by atoms with Crippen LogP contribution < -0.4 is 5.32 Å². The molecule has 22 heavy (non-hydrogen) atoms. The lowest BCUT2D eigenvalue weighted by atomic mass is 10.2. The minimum atomic E-state index is -1.90. The molecule has 0 aliphatic rings. The Morgan fingerprint density at radius 3 is 2.45 bits per heavy atom. The highest BCUT2D eigenvalue weighted by molar-refractivity contribution is 6.65. The first-order chi connectivity index (χ1) is 10.6. The first-order valence-electron chi connectivity index (χ1n) is 7.85. The van der Waals surface area contributed by atoms with Crippen molar-refractivity contribution >= 4 is 8.56 Å². The average Bonchev–Trinajstić information content (AvgIpc) is 2.57. The molecule has 1 rings (SSSR count). The molecule has 0 bridgehead atoms. The third-order valence-corrected chi connectivity index (χ3v) is 6.90. The monoisotopic (exact) mass is 322 g/mol. The molecule has 0 fully saturated rings. The second kappa shape index (κ2) is 10.6. The Labute approximate surface area is 136 Å². The van der Waals surface area contributed by atoms with Crippen LogP contribution in [0.2, 0.25) is 12.6 Å². The summed E-state index contributed by atoms with van der Waals surface area (Å²) >= 11 is 0. The largest absolute Gasteiger partial charge is 0.398 e. The normalized spacial score (nSPS) is 11.4. The lowest BCUT2D eigenvalue weighted by Gasteiger charge is -2.23. The maximum atomic E-state index is 5.48. The molecule has 0 atom stereocenters. The summed E-state index contributed by atoms with van der Waals surface area (Å²) in [5.74, 6) is 0. The molecule has 1 aromatic rings. The van der Waals surface area contributed by atoms with Gasteiger partial charge < -0.3 is 19.1 Å². The van der Waals surface area contributed by atoms with Crippen LogP contribution in [0.4, 0.5) is 0 Å². The van der Waals surface area contributed by atoms with Crippen LogP contribution >= 0.6 is 0 Å². The molecule has 0 heterocycles. The first kappa shape index (κ1) is 18.9. The summed E-state index contributed by atoms with van der Waals surface area (Å²) in [7, 11) is 1.59. The smallest absolute Gasteiger partial charge is 0.334 e. The molecule has 0 amide bonds. The SMILES string of the molecule is C=CN(CCNCCC[Si](C)(OC)OC)Cc1ccccc1. The van der Waals surface area contributed by atoms with E-state index in [2.05, 4.69) is 47.6 Å². The zero-order chi connectivity index (χ0) is 16.3. The van der Waals surface area contributed by atoms with Gasteiger partial charge >= 0.3 is 8.56 Å². The van der Waals surface area contributed by atoms with E-state index in [0.29, 0.717) is 0 Å². The van der Waals surface area contributed by atoms with Crippen LogP contribution in [0, 0.1) is 0 Å². The summed E-state index contributed by atoms with van der Waals surface area (Å²) in [5, 5.41) is 3.48. The Kier molecular flexibility index (Phi) is 9.08. The number of benzene rings is 1. The highest BCUT2D eigenvalue weighted by Crippen LogP contribution is 2.12. The van der Waals surface area contributed by atoms with Crippen LogP contribution in [0.15, 0.2) is 43.1 Å². The summed E-state index contributed by atoms with van der Waals surface area (Å²) < 4.78 is 11.0. The molecule has 0 saturated carbocycles. The zero-order valence-electron chi connectivity index (χ0n) is 14.2. The molecule has 0 unspecified atom stereocenters. The van der Waals surface area contributed by atoms with Crippen LogP contribution in [0.1, 0.15) is 12.0 Å². The van der Waals surface area contributed by atoms with Crippen molar-refractivity contribution in [2.75, 3.05) is 33.9 Å². The van der Waals surface area contributed by atoms with Crippen LogP contribution in [-0.4, -0.2) is 47.3 Å². The van der Waals surface area contributed by atoms with Crippen LogP contribution in [0.5, 0.6) is 0 Å². The molecule has 0 aliphatic heterocycles. The predicted molar refractivity (Wildman–Crippen MR) is 95.0 cm³/mol. The van der Waals surface area contributed by atoms with Crippen molar-refractivity contribution < 1.29 is 8.85 Å². The van der Waals surface area contributed by atoms with E-state index in [1.54, 1.807) is 14.2 Å². The Morgan fingerprint density at radius 1 is 1.18 bits per heavy atom. The number of nitrogens with zero attached hydrogens (tertiary/aromatic N) is 1. The number of nitrogens with one attached hydrogen (secondary N) is 1. The van der Waals surface area contributed by atoms with Crippen molar-refractivity contribution in [3.63, 3.8) is 0 Å². The third-order valence-electron chi connectivity index (χ3n) is 3.91. The minimum absolute atomic E-state index is 0.907. The fourth-order valence-corrected chi connectivity index (χ4v) is 3.62. The molecule has 1 aromatic carbocycles. The lowest BCUT2D eigenvalue weighted by Crippen LogP contribution is -2.37. The summed E-state index contributed by atoms with van der Waals surface area (Å²) in [4.78, 5) is 2.23. The summed E-state index contributed by atoms with van der Waals surface area (Å²) in [5.41, 5.74) is 1.31. The second-order valence-electron chi connectivity index (χ2n) is 5.53. The third kappa shape index (κ3) is 7.22. The highest BCUT2D eigenvalue weighted by atomic mass is 28.4. The van der Waals surface area contributed by atoms with Crippen LogP contribution in [0.3, 0.4) is 0 Å². The van der Waals surface area contributed by atoms with Crippen molar-refractivity contribution in [3.8, 4) is 0 Å². The fraction of sp³-hybridized carbons (Fsp3) is 0.529. The van der Waals surface area contributed by atoms with Gasteiger partial charge in [0.1, 0.15) is 0 Å². The van der Waals surface area contributed by atoms with Crippen LogP contribution in [-0.2, 0) is 15.4 Å². The minimum Gasteiger partial charge on any atom is -0.398 e. The van der Waals surface area contributed by atoms with E-state index in [-0.39, 0.29) is 0 Å². The second-order valence-corrected chi connectivity index (χ2v) is 9.12. The van der Waals surface area contributed by atoms with Crippen LogP contribution in [0.25, 0.3) is 0 Å². The molecule has 5 heteroatoms. The summed E-state index contributed by atoms with van der Waals surface area (Å²) in [6, 6.07) is 11.5. The summed E-state index contributed by atoms with van der Waals surface area (Å²) in [6.07, 6.45) is 2.99. The van der Waals surface area contributed by atoms with E-state index >= 15 is 0 Å².